The first-order valence-corrected chi connectivity index (χ1v) is 4.23. The normalized spacial score (nSPS) is 9.75. The molecule has 0 unspecified atom stereocenters. The molecule has 0 aromatic carbocycles. The average molecular weight is 171 g/mol. The highest BCUT2D eigenvalue weighted by Gasteiger charge is 1.99. The van der Waals surface area contributed by atoms with Gasteiger partial charge in [-0.3, -0.25) is 4.79 Å². The van der Waals surface area contributed by atoms with Crippen LogP contribution in [0, 0.1) is 0 Å². The molecule has 0 aliphatic heterocycles. The van der Waals surface area contributed by atoms with Gasteiger partial charge in [-0.2, -0.15) is 0 Å². The van der Waals surface area contributed by atoms with Gasteiger partial charge in [0.05, 0.1) is 6.61 Å². The Balaban J connectivity index is 3.20. The van der Waals surface area contributed by atoms with E-state index in [4.69, 9.17) is 10.5 Å². The SMILES string of the molecule is C=C(CCOCCCC)C(N)=O. The smallest absolute Gasteiger partial charge is 0.244 e. The summed E-state index contributed by atoms with van der Waals surface area (Å²) >= 11 is 0. The van der Waals surface area contributed by atoms with Crippen LogP contribution in [0.3, 0.4) is 0 Å². The number of hydrogen-bond donors (Lipinski definition) is 1. The van der Waals surface area contributed by atoms with Gasteiger partial charge in [0.25, 0.3) is 0 Å². The van der Waals surface area contributed by atoms with E-state index in [9.17, 15) is 4.79 Å². The summed E-state index contributed by atoms with van der Waals surface area (Å²) in [6, 6.07) is 0. The van der Waals surface area contributed by atoms with Crippen LogP contribution in [0.15, 0.2) is 12.2 Å². The summed E-state index contributed by atoms with van der Waals surface area (Å²) in [6.45, 7) is 6.92. The number of rotatable bonds is 7. The zero-order valence-corrected chi connectivity index (χ0v) is 7.64. The van der Waals surface area contributed by atoms with E-state index < -0.39 is 5.91 Å². The quantitative estimate of drug-likeness (QED) is 0.462. The van der Waals surface area contributed by atoms with E-state index in [1.54, 1.807) is 0 Å². The number of amides is 1. The Bertz CT molecular complexity index is 155. The number of unbranched alkanes of at least 4 members (excludes halogenated alkanes) is 1. The van der Waals surface area contributed by atoms with Gasteiger partial charge in [0.15, 0.2) is 0 Å². The van der Waals surface area contributed by atoms with Crippen molar-refractivity contribution in [1.29, 1.82) is 0 Å². The summed E-state index contributed by atoms with van der Waals surface area (Å²) in [7, 11) is 0. The molecule has 3 nitrogen and oxygen atoms in total. The van der Waals surface area contributed by atoms with Crippen molar-refractivity contribution < 1.29 is 9.53 Å². The minimum atomic E-state index is -0.436. The Morgan fingerprint density at radius 2 is 2.17 bits per heavy atom. The molecular weight excluding hydrogens is 154 g/mol. The maximum atomic E-state index is 10.5. The van der Waals surface area contributed by atoms with Crippen LogP contribution in [0.1, 0.15) is 26.2 Å². The maximum absolute atomic E-state index is 10.5. The molecule has 3 heteroatoms. The highest BCUT2D eigenvalue weighted by molar-refractivity contribution is 5.91. The number of primary amides is 1. The molecule has 0 aliphatic rings. The van der Waals surface area contributed by atoms with Crippen molar-refractivity contribution >= 4 is 5.91 Å². The van der Waals surface area contributed by atoms with Crippen LogP contribution in [0.5, 0.6) is 0 Å². The monoisotopic (exact) mass is 171 g/mol. The van der Waals surface area contributed by atoms with Gasteiger partial charge < -0.3 is 10.5 Å². The van der Waals surface area contributed by atoms with Gasteiger partial charge in [0, 0.05) is 18.6 Å². The van der Waals surface area contributed by atoms with Crippen molar-refractivity contribution in [3.05, 3.63) is 12.2 Å². The fourth-order valence-electron chi connectivity index (χ4n) is 0.667. The number of carbonyl (C=O) groups excluding carboxylic acids is 1. The third kappa shape index (κ3) is 5.92. The number of hydrogen-bond acceptors (Lipinski definition) is 2. The summed E-state index contributed by atoms with van der Waals surface area (Å²) in [4.78, 5) is 10.5. The van der Waals surface area contributed by atoms with Crippen LogP contribution < -0.4 is 5.73 Å². The molecular formula is C9H17NO2. The number of nitrogens with two attached hydrogens (primary N) is 1. The lowest BCUT2D eigenvalue weighted by Crippen LogP contribution is -2.14. The molecule has 0 aliphatic carbocycles. The van der Waals surface area contributed by atoms with Crippen molar-refractivity contribution in [2.24, 2.45) is 5.73 Å². The fraction of sp³-hybridized carbons (Fsp3) is 0.667. The van der Waals surface area contributed by atoms with Crippen molar-refractivity contribution in [1.82, 2.24) is 0 Å². The molecule has 0 spiro atoms. The first-order valence-electron chi connectivity index (χ1n) is 4.23. The fourth-order valence-corrected chi connectivity index (χ4v) is 0.667. The topological polar surface area (TPSA) is 52.3 Å². The standard InChI is InChI=1S/C9H17NO2/c1-3-4-6-12-7-5-8(2)9(10)11/h2-7H2,1H3,(H2,10,11). The Labute approximate surface area is 73.6 Å². The Hall–Kier alpha value is -0.830. The molecule has 0 saturated carbocycles. The molecule has 2 N–H and O–H groups in total. The predicted molar refractivity (Wildman–Crippen MR) is 48.7 cm³/mol. The average Bonchev–Trinajstić information content (AvgIpc) is 2.03. The third-order valence-electron chi connectivity index (χ3n) is 1.54. The zero-order chi connectivity index (χ0) is 9.40. The van der Waals surface area contributed by atoms with E-state index >= 15 is 0 Å². The minimum Gasteiger partial charge on any atom is -0.381 e. The van der Waals surface area contributed by atoms with Crippen LogP contribution in [-0.4, -0.2) is 19.1 Å². The lowest BCUT2D eigenvalue weighted by atomic mass is 10.2. The molecule has 0 saturated heterocycles. The Morgan fingerprint density at radius 1 is 1.50 bits per heavy atom. The first-order chi connectivity index (χ1) is 5.68. The molecule has 0 fully saturated rings. The Morgan fingerprint density at radius 3 is 2.67 bits per heavy atom. The highest BCUT2D eigenvalue weighted by atomic mass is 16.5. The van der Waals surface area contributed by atoms with Gasteiger partial charge in [-0.05, 0) is 6.42 Å². The van der Waals surface area contributed by atoms with Crippen molar-refractivity contribution in [2.75, 3.05) is 13.2 Å². The molecule has 0 bridgehead atoms. The van der Waals surface area contributed by atoms with Crippen molar-refractivity contribution in [2.45, 2.75) is 26.2 Å². The minimum absolute atomic E-state index is 0.436. The summed E-state index contributed by atoms with van der Waals surface area (Å²) in [5, 5.41) is 0. The van der Waals surface area contributed by atoms with E-state index in [1.165, 1.54) is 0 Å². The molecule has 0 radical (unpaired) electrons. The highest BCUT2D eigenvalue weighted by Crippen LogP contribution is 1.97. The summed E-state index contributed by atoms with van der Waals surface area (Å²) < 4.78 is 5.23. The predicted octanol–water partition coefficient (Wildman–Crippen LogP) is 1.23. The van der Waals surface area contributed by atoms with Gasteiger partial charge >= 0.3 is 0 Å². The molecule has 0 atom stereocenters. The van der Waals surface area contributed by atoms with Crippen LogP contribution >= 0.6 is 0 Å². The first kappa shape index (κ1) is 11.2. The van der Waals surface area contributed by atoms with E-state index in [2.05, 4.69) is 13.5 Å². The van der Waals surface area contributed by atoms with Crippen LogP contribution in [0.4, 0.5) is 0 Å². The lowest BCUT2D eigenvalue weighted by molar-refractivity contribution is -0.114. The summed E-state index contributed by atoms with van der Waals surface area (Å²) in [5.74, 6) is -0.436. The van der Waals surface area contributed by atoms with Gasteiger partial charge in [-0.15, -0.1) is 0 Å². The molecule has 0 aromatic rings. The van der Waals surface area contributed by atoms with Gasteiger partial charge in [-0.25, -0.2) is 0 Å². The van der Waals surface area contributed by atoms with Crippen LogP contribution in [0.25, 0.3) is 0 Å². The zero-order valence-electron chi connectivity index (χ0n) is 7.64. The number of carbonyl (C=O) groups is 1. The van der Waals surface area contributed by atoms with E-state index in [0.717, 1.165) is 19.4 Å². The molecule has 0 heterocycles. The van der Waals surface area contributed by atoms with E-state index in [-0.39, 0.29) is 0 Å². The molecule has 1 amide bonds. The van der Waals surface area contributed by atoms with Gasteiger partial charge in [0.2, 0.25) is 5.91 Å². The largest absolute Gasteiger partial charge is 0.381 e. The van der Waals surface area contributed by atoms with Crippen molar-refractivity contribution in [3.8, 4) is 0 Å². The maximum Gasteiger partial charge on any atom is 0.244 e. The van der Waals surface area contributed by atoms with Gasteiger partial charge in [-0.1, -0.05) is 19.9 Å². The van der Waals surface area contributed by atoms with E-state index in [0.29, 0.717) is 18.6 Å². The second-order valence-electron chi connectivity index (χ2n) is 2.68. The number of ether oxygens (including phenoxy) is 1. The molecule has 70 valence electrons. The molecule has 0 rings (SSSR count). The summed E-state index contributed by atoms with van der Waals surface area (Å²) in [6.07, 6.45) is 2.72. The van der Waals surface area contributed by atoms with E-state index in [1.807, 2.05) is 0 Å². The van der Waals surface area contributed by atoms with Crippen molar-refractivity contribution in [3.63, 3.8) is 0 Å². The second kappa shape index (κ2) is 6.85. The lowest BCUT2D eigenvalue weighted by Gasteiger charge is -2.02. The second-order valence-corrected chi connectivity index (χ2v) is 2.68. The Kier molecular flexibility index (Phi) is 6.38. The van der Waals surface area contributed by atoms with Crippen LogP contribution in [-0.2, 0) is 9.53 Å². The van der Waals surface area contributed by atoms with Gasteiger partial charge in [0.1, 0.15) is 0 Å². The van der Waals surface area contributed by atoms with Crippen LogP contribution in [0.2, 0.25) is 0 Å². The summed E-state index contributed by atoms with van der Waals surface area (Å²) in [5.41, 5.74) is 5.42. The molecule has 0 aromatic heterocycles. The molecule has 12 heavy (non-hydrogen) atoms. The third-order valence-corrected chi connectivity index (χ3v) is 1.54.